The number of fused-ring (bicyclic) bond motifs is 1. The van der Waals surface area contributed by atoms with Crippen molar-refractivity contribution in [3.8, 4) is 0 Å². The molecule has 0 aliphatic carbocycles. The summed E-state index contributed by atoms with van der Waals surface area (Å²) >= 11 is 1.11. The van der Waals surface area contributed by atoms with E-state index in [1.54, 1.807) is 4.40 Å². The predicted molar refractivity (Wildman–Crippen MR) is 96.5 cm³/mol. The lowest BCUT2D eigenvalue weighted by Gasteiger charge is -2.05. The molecule has 0 aliphatic rings. The molecule has 1 N–H and O–H groups in total. The summed E-state index contributed by atoms with van der Waals surface area (Å²) < 4.78 is 1.72. The SMILES string of the molecule is Cc1cc(C)n2c(SCC(=O)NC(=O)c3cccc([N+](=O)[O-])c3)nnc2n1. The topological polar surface area (TPSA) is 132 Å². The molecule has 0 saturated heterocycles. The van der Waals surface area contributed by atoms with Gasteiger partial charge in [-0.05, 0) is 26.0 Å². The molecular weight excluding hydrogens is 372 g/mol. The second-order valence-electron chi connectivity index (χ2n) is 5.63. The van der Waals surface area contributed by atoms with Crippen LogP contribution in [-0.2, 0) is 4.79 Å². The lowest BCUT2D eigenvalue weighted by molar-refractivity contribution is -0.384. The van der Waals surface area contributed by atoms with Gasteiger partial charge < -0.3 is 0 Å². The number of nitrogens with zero attached hydrogens (tertiary/aromatic N) is 5. The summed E-state index contributed by atoms with van der Waals surface area (Å²) in [4.78, 5) is 38.6. The Morgan fingerprint density at radius 1 is 1.26 bits per heavy atom. The number of rotatable bonds is 5. The maximum atomic E-state index is 12.1. The highest BCUT2D eigenvalue weighted by atomic mass is 32.2. The molecule has 0 radical (unpaired) electrons. The molecule has 3 aromatic rings. The Morgan fingerprint density at radius 3 is 2.78 bits per heavy atom. The summed E-state index contributed by atoms with van der Waals surface area (Å²) in [5.74, 6) is -0.896. The van der Waals surface area contributed by atoms with E-state index in [1.807, 2.05) is 19.9 Å². The van der Waals surface area contributed by atoms with E-state index in [9.17, 15) is 19.7 Å². The molecular formula is C16H14N6O4S. The van der Waals surface area contributed by atoms with Crippen molar-refractivity contribution in [2.45, 2.75) is 19.0 Å². The van der Waals surface area contributed by atoms with Gasteiger partial charge in [0.25, 0.3) is 17.4 Å². The molecule has 3 rings (SSSR count). The molecule has 11 heteroatoms. The Bertz CT molecular complexity index is 1060. The van der Waals surface area contributed by atoms with E-state index < -0.39 is 16.7 Å². The fourth-order valence-corrected chi connectivity index (χ4v) is 3.21. The van der Waals surface area contributed by atoms with Gasteiger partial charge in [0.05, 0.1) is 10.7 Å². The minimum Gasteiger partial charge on any atom is -0.292 e. The maximum absolute atomic E-state index is 12.1. The number of hydrogen-bond donors (Lipinski definition) is 1. The number of nitro groups is 1. The number of aromatic nitrogens is 4. The minimum atomic E-state index is -0.705. The average molecular weight is 386 g/mol. The van der Waals surface area contributed by atoms with Gasteiger partial charge in [-0.25, -0.2) is 4.98 Å². The number of benzene rings is 1. The van der Waals surface area contributed by atoms with Crippen LogP contribution in [0.3, 0.4) is 0 Å². The molecule has 0 fully saturated rings. The Balaban J connectivity index is 1.66. The third-order valence-corrected chi connectivity index (χ3v) is 4.50. The van der Waals surface area contributed by atoms with E-state index in [4.69, 9.17) is 0 Å². The zero-order valence-electron chi connectivity index (χ0n) is 14.4. The standard InChI is InChI=1S/C16H14N6O4S/c1-9-6-10(2)21-15(17-9)19-20-16(21)27-8-13(23)18-14(24)11-4-3-5-12(7-11)22(25)26/h3-7H,8H2,1-2H3,(H,18,23,24). The van der Waals surface area contributed by atoms with Crippen LogP contribution < -0.4 is 5.32 Å². The summed E-state index contributed by atoms with van der Waals surface area (Å²) in [7, 11) is 0. The van der Waals surface area contributed by atoms with Gasteiger partial charge in [-0.2, -0.15) is 0 Å². The molecule has 1 aromatic carbocycles. The molecule has 0 spiro atoms. The third kappa shape index (κ3) is 4.08. The number of hydrogen-bond acceptors (Lipinski definition) is 8. The van der Waals surface area contributed by atoms with Crippen LogP contribution >= 0.6 is 11.8 Å². The summed E-state index contributed by atoms with van der Waals surface area (Å²) in [6.45, 7) is 3.72. The van der Waals surface area contributed by atoms with Gasteiger partial charge >= 0.3 is 0 Å². The number of nitrogens with one attached hydrogen (secondary N) is 1. The highest BCUT2D eigenvalue weighted by Gasteiger charge is 2.16. The van der Waals surface area contributed by atoms with Crippen molar-refractivity contribution in [1.82, 2.24) is 24.9 Å². The Hall–Kier alpha value is -3.34. The number of aryl methyl sites for hydroxylation is 2. The lowest BCUT2D eigenvalue weighted by Crippen LogP contribution is -2.31. The molecule has 0 saturated carbocycles. The zero-order valence-corrected chi connectivity index (χ0v) is 15.2. The van der Waals surface area contributed by atoms with Gasteiger partial charge in [0, 0.05) is 29.1 Å². The highest BCUT2D eigenvalue weighted by molar-refractivity contribution is 7.99. The largest absolute Gasteiger partial charge is 0.292 e. The maximum Gasteiger partial charge on any atom is 0.270 e. The van der Waals surface area contributed by atoms with Crippen molar-refractivity contribution in [2.75, 3.05) is 5.75 Å². The van der Waals surface area contributed by atoms with Crippen LogP contribution in [0.15, 0.2) is 35.5 Å². The molecule has 27 heavy (non-hydrogen) atoms. The first-order valence-electron chi connectivity index (χ1n) is 7.76. The smallest absolute Gasteiger partial charge is 0.270 e. The fourth-order valence-electron chi connectivity index (χ4n) is 2.42. The molecule has 0 aliphatic heterocycles. The van der Waals surface area contributed by atoms with Crippen LogP contribution in [0.25, 0.3) is 5.78 Å². The van der Waals surface area contributed by atoms with Gasteiger partial charge in [0.1, 0.15) is 0 Å². The van der Waals surface area contributed by atoms with Crippen LogP contribution in [0.4, 0.5) is 5.69 Å². The number of carbonyl (C=O) groups is 2. The monoisotopic (exact) mass is 386 g/mol. The first-order valence-corrected chi connectivity index (χ1v) is 8.74. The molecule has 2 amide bonds. The molecule has 0 unspecified atom stereocenters. The van der Waals surface area contributed by atoms with E-state index in [1.165, 1.54) is 18.2 Å². The van der Waals surface area contributed by atoms with Gasteiger partial charge in [-0.1, -0.05) is 17.8 Å². The molecule has 2 aromatic heterocycles. The average Bonchev–Trinajstić information content (AvgIpc) is 3.03. The van der Waals surface area contributed by atoms with Crippen molar-refractivity contribution in [3.05, 3.63) is 57.4 Å². The van der Waals surface area contributed by atoms with Crippen LogP contribution in [0, 0.1) is 24.0 Å². The van der Waals surface area contributed by atoms with Gasteiger partial charge in [0.15, 0.2) is 5.16 Å². The quantitative estimate of drug-likeness (QED) is 0.398. The van der Waals surface area contributed by atoms with Gasteiger partial charge in [-0.3, -0.25) is 29.4 Å². The van der Waals surface area contributed by atoms with Gasteiger partial charge in [-0.15, -0.1) is 10.2 Å². The molecule has 2 heterocycles. The number of imide groups is 1. The number of nitro benzene ring substituents is 1. The van der Waals surface area contributed by atoms with Gasteiger partial charge in [0.2, 0.25) is 5.91 Å². The minimum absolute atomic E-state index is 0.0333. The van der Waals surface area contributed by atoms with Crippen LogP contribution in [0.2, 0.25) is 0 Å². The van der Waals surface area contributed by atoms with Crippen LogP contribution in [0.1, 0.15) is 21.7 Å². The number of non-ortho nitro benzene ring substituents is 1. The highest BCUT2D eigenvalue weighted by Crippen LogP contribution is 2.18. The first kappa shape index (κ1) is 18.5. The van der Waals surface area contributed by atoms with E-state index in [-0.39, 0.29) is 17.0 Å². The fraction of sp³-hybridized carbons (Fsp3) is 0.188. The Morgan fingerprint density at radius 2 is 2.04 bits per heavy atom. The molecule has 0 bridgehead atoms. The van der Waals surface area contributed by atoms with E-state index >= 15 is 0 Å². The van der Waals surface area contributed by atoms with E-state index in [0.717, 1.165) is 29.2 Å². The lowest BCUT2D eigenvalue weighted by atomic mass is 10.2. The number of thioether (sulfide) groups is 1. The second-order valence-corrected chi connectivity index (χ2v) is 6.57. The van der Waals surface area contributed by atoms with Crippen LogP contribution in [0.5, 0.6) is 0 Å². The zero-order chi connectivity index (χ0) is 19.6. The molecule has 0 atom stereocenters. The van der Waals surface area contributed by atoms with Crippen molar-refractivity contribution in [2.24, 2.45) is 0 Å². The van der Waals surface area contributed by atoms with E-state index in [2.05, 4.69) is 20.5 Å². The van der Waals surface area contributed by atoms with Crippen LogP contribution in [-0.4, -0.2) is 42.1 Å². The Kier molecular flexibility index (Phi) is 5.12. The third-order valence-electron chi connectivity index (χ3n) is 3.57. The summed E-state index contributed by atoms with van der Waals surface area (Å²) in [6, 6.07) is 7.02. The summed E-state index contributed by atoms with van der Waals surface area (Å²) in [5, 5.41) is 21.4. The molecule has 10 nitrogen and oxygen atoms in total. The van der Waals surface area contributed by atoms with E-state index in [0.29, 0.717) is 10.9 Å². The summed E-state index contributed by atoms with van der Waals surface area (Å²) in [5.41, 5.74) is 1.49. The van der Waals surface area contributed by atoms with Crippen molar-refractivity contribution in [3.63, 3.8) is 0 Å². The number of amides is 2. The first-order chi connectivity index (χ1) is 12.8. The molecule has 138 valence electrons. The Labute approximate surface area is 157 Å². The normalized spacial score (nSPS) is 10.7. The van der Waals surface area contributed by atoms with Crippen molar-refractivity contribution >= 4 is 35.0 Å². The second kappa shape index (κ2) is 7.50. The van der Waals surface area contributed by atoms with Crippen molar-refractivity contribution in [1.29, 1.82) is 0 Å². The number of carbonyl (C=O) groups excluding carboxylic acids is 2. The summed E-state index contributed by atoms with van der Waals surface area (Å²) in [6.07, 6.45) is 0. The van der Waals surface area contributed by atoms with Crippen molar-refractivity contribution < 1.29 is 14.5 Å². The predicted octanol–water partition coefficient (Wildman–Crippen LogP) is 1.70.